The molecule has 170 valence electrons. The number of carbonyl (C=O) groups excluding carboxylic acids is 1. The molecule has 1 aliphatic rings. The first-order valence-corrected chi connectivity index (χ1v) is 11.2. The van der Waals surface area contributed by atoms with Crippen molar-refractivity contribution in [2.45, 2.75) is 58.9 Å². The molecular formula is C23H39IN4O2. The fraction of sp³-hybridized carbons (Fsp3) is 0.652. The Hall–Kier alpha value is -1.35. The van der Waals surface area contributed by atoms with E-state index in [0.717, 1.165) is 75.4 Å². The number of piperidine rings is 1. The summed E-state index contributed by atoms with van der Waals surface area (Å²) in [6.45, 7) is 8.36. The lowest BCUT2D eigenvalue weighted by atomic mass is 10.0. The highest BCUT2D eigenvalue weighted by atomic mass is 127. The topological polar surface area (TPSA) is 77.0 Å². The fourth-order valence-electron chi connectivity index (χ4n) is 3.72. The van der Waals surface area contributed by atoms with Gasteiger partial charge in [-0.1, -0.05) is 25.5 Å². The van der Waals surface area contributed by atoms with Crippen LogP contribution in [0.1, 0.15) is 68.3 Å². The molecule has 1 fully saturated rings. The van der Waals surface area contributed by atoms with Crippen molar-refractivity contribution in [2.75, 3.05) is 32.8 Å². The van der Waals surface area contributed by atoms with Gasteiger partial charge in [0.2, 0.25) is 0 Å². The van der Waals surface area contributed by atoms with Crippen LogP contribution >= 0.6 is 24.0 Å². The summed E-state index contributed by atoms with van der Waals surface area (Å²) in [7, 11) is 0. The van der Waals surface area contributed by atoms with Gasteiger partial charge < -0.3 is 20.6 Å². The van der Waals surface area contributed by atoms with E-state index in [9.17, 15) is 9.90 Å². The van der Waals surface area contributed by atoms with Crippen molar-refractivity contribution in [3.63, 3.8) is 0 Å². The number of nitrogens with zero attached hydrogens (tertiary/aromatic N) is 2. The minimum absolute atomic E-state index is 0. The summed E-state index contributed by atoms with van der Waals surface area (Å²) in [6.07, 6.45) is 6.46. The molecule has 3 N–H and O–H groups in total. The van der Waals surface area contributed by atoms with E-state index >= 15 is 0 Å². The van der Waals surface area contributed by atoms with E-state index < -0.39 is 0 Å². The molecule has 0 saturated carbocycles. The van der Waals surface area contributed by atoms with E-state index in [4.69, 9.17) is 0 Å². The van der Waals surface area contributed by atoms with Crippen LogP contribution in [0.3, 0.4) is 0 Å². The standard InChI is InChI=1S/C23H38N4O2.HI/c1-3-8-19(13-16-28)17-25-23(24-4-2)26-18-20-9-11-21(12-10-20)22(29)27-14-6-5-7-15-27;/h9-12,19,28H,3-8,13-18H2,1-2H3,(H2,24,25,26);1H. The molecule has 0 aromatic heterocycles. The lowest BCUT2D eigenvalue weighted by Gasteiger charge is -2.26. The number of guanidine groups is 1. The summed E-state index contributed by atoms with van der Waals surface area (Å²) in [5.74, 6) is 1.38. The number of amides is 1. The maximum atomic E-state index is 12.6. The summed E-state index contributed by atoms with van der Waals surface area (Å²) in [5.41, 5.74) is 1.84. The largest absolute Gasteiger partial charge is 0.396 e. The molecule has 1 saturated heterocycles. The number of aliphatic hydroxyl groups excluding tert-OH is 1. The van der Waals surface area contributed by atoms with Gasteiger partial charge in [-0.3, -0.25) is 4.79 Å². The van der Waals surface area contributed by atoms with Crippen molar-refractivity contribution >= 4 is 35.8 Å². The summed E-state index contributed by atoms with van der Waals surface area (Å²) >= 11 is 0. The zero-order valence-electron chi connectivity index (χ0n) is 18.5. The molecule has 1 amide bonds. The third kappa shape index (κ3) is 9.20. The van der Waals surface area contributed by atoms with Crippen LogP contribution in [0.25, 0.3) is 0 Å². The molecule has 0 bridgehead atoms. The first-order chi connectivity index (χ1) is 14.2. The van der Waals surface area contributed by atoms with Gasteiger partial charge in [-0.25, -0.2) is 4.99 Å². The molecule has 0 spiro atoms. The molecular weight excluding hydrogens is 491 g/mol. The second-order valence-electron chi connectivity index (χ2n) is 7.79. The van der Waals surface area contributed by atoms with Crippen molar-refractivity contribution in [3.8, 4) is 0 Å². The van der Waals surface area contributed by atoms with Gasteiger partial charge in [0.25, 0.3) is 5.91 Å². The van der Waals surface area contributed by atoms with E-state index in [1.165, 1.54) is 6.42 Å². The van der Waals surface area contributed by atoms with Crippen LogP contribution in [0.5, 0.6) is 0 Å². The van der Waals surface area contributed by atoms with Crippen LogP contribution in [-0.2, 0) is 6.54 Å². The highest BCUT2D eigenvalue weighted by molar-refractivity contribution is 14.0. The molecule has 2 rings (SSSR count). The minimum Gasteiger partial charge on any atom is -0.396 e. The van der Waals surface area contributed by atoms with E-state index in [2.05, 4.69) is 29.5 Å². The number of likely N-dealkylation sites (tertiary alicyclic amines) is 1. The average Bonchev–Trinajstić information content (AvgIpc) is 2.76. The number of aliphatic hydroxyl groups is 1. The van der Waals surface area contributed by atoms with Gasteiger partial charge in [-0.2, -0.15) is 0 Å². The Morgan fingerprint density at radius 3 is 2.40 bits per heavy atom. The number of benzene rings is 1. The van der Waals surface area contributed by atoms with Gasteiger partial charge in [0.1, 0.15) is 0 Å². The summed E-state index contributed by atoms with van der Waals surface area (Å²) in [4.78, 5) is 19.2. The predicted molar refractivity (Wildman–Crippen MR) is 135 cm³/mol. The monoisotopic (exact) mass is 530 g/mol. The van der Waals surface area contributed by atoms with Crippen molar-refractivity contribution in [3.05, 3.63) is 35.4 Å². The molecule has 1 aliphatic heterocycles. The average molecular weight is 530 g/mol. The number of halogens is 1. The van der Waals surface area contributed by atoms with E-state index in [-0.39, 0.29) is 36.5 Å². The van der Waals surface area contributed by atoms with Crippen LogP contribution in [0, 0.1) is 5.92 Å². The number of carbonyl (C=O) groups is 1. The Balaban J connectivity index is 0.00000450. The maximum absolute atomic E-state index is 12.6. The Bertz CT molecular complexity index is 625. The van der Waals surface area contributed by atoms with Crippen molar-refractivity contribution in [1.29, 1.82) is 0 Å². The normalized spacial score (nSPS) is 15.3. The first kappa shape index (κ1) is 26.7. The van der Waals surface area contributed by atoms with Crippen LogP contribution in [0.4, 0.5) is 0 Å². The van der Waals surface area contributed by atoms with E-state index in [1.807, 2.05) is 29.2 Å². The van der Waals surface area contributed by atoms with E-state index in [1.54, 1.807) is 0 Å². The SMILES string of the molecule is CCCC(CCO)CNC(=NCc1ccc(C(=O)N2CCCCC2)cc1)NCC.I. The third-order valence-corrected chi connectivity index (χ3v) is 5.40. The van der Waals surface area contributed by atoms with Crippen LogP contribution in [0.15, 0.2) is 29.3 Å². The predicted octanol–water partition coefficient (Wildman–Crippen LogP) is 3.78. The van der Waals surface area contributed by atoms with Gasteiger partial charge in [-0.15, -0.1) is 24.0 Å². The van der Waals surface area contributed by atoms with Gasteiger partial charge in [0.05, 0.1) is 6.54 Å². The van der Waals surface area contributed by atoms with Crippen molar-refractivity contribution < 1.29 is 9.90 Å². The zero-order chi connectivity index (χ0) is 20.9. The Morgan fingerprint density at radius 1 is 1.10 bits per heavy atom. The van der Waals surface area contributed by atoms with Gasteiger partial charge in [0, 0.05) is 38.3 Å². The second kappa shape index (κ2) is 15.5. The van der Waals surface area contributed by atoms with Crippen molar-refractivity contribution in [2.24, 2.45) is 10.9 Å². The molecule has 6 nitrogen and oxygen atoms in total. The number of hydrogen-bond acceptors (Lipinski definition) is 3. The quantitative estimate of drug-likeness (QED) is 0.245. The summed E-state index contributed by atoms with van der Waals surface area (Å²) < 4.78 is 0. The molecule has 1 aromatic carbocycles. The molecule has 0 aliphatic carbocycles. The number of aliphatic imine (C=N–C) groups is 1. The minimum atomic E-state index is 0. The van der Waals surface area contributed by atoms with Gasteiger partial charge in [0.15, 0.2) is 5.96 Å². The summed E-state index contributed by atoms with van der Waals surface area (Å²) in [5, 5.41) is 15.9. The van der Waals surface area contributed by atoms with Crippen LogP contribution in [0.2, 0.25) is 0 Å². The van der Waals surface area contributed by atoms with Gasteiger partial charge in [-0.05, 0) is 62.6 Å². The molecule has 1 heterocycles. The lowest BCUT2D eigenvalue weighted by molar-refractivity contribution is 0.0724. The van der Waals surface area contributed by atoms with Crippen molar-refractivity contribution in [1.82, 2.24) is 15.5 Å². The molecule has 1 atom stereocenters. The van der Waals surface area contributed by atoms with Crippen LogP contribution in [-0.4, -0.2) is 54.7 Å². The molecule has 1 aromatic rings. The number of hydrogen-bond donors (Lipinski definition) is 3. The Morgan fingerprint density at radius 2 is 1.80 bits per heavy atom. The zero-order valence-corrected chi connectivity index (χ0v) is 20.9. The number of nitrogens with one attached hydrogen (secondary N) is 2. The molecule has 1 unspecified atom stereocenters. The molecule has 7 heteroatoms. The highest BCUT2D eigenvalue weighted by Crippen LogP contribution is 2.14. The van der Waals surface area contributed by atoms with E-state index in [0.29, 0.717) is 12.5 Å². The lowest BCUT2D eigenvalue weighted by Crippen LogP contribution is -2.40. The van der Waals surface area contributed by atoms with Crippen LogP contribution < -0.4 is 10.6 Å². The number of rotatable bonds is 10. The Labute approximate surface area is 198 Å². The first-order valence-electron chi connectivity index (χ1n) is 11.2. The fourth-order valence-corrected chi connectivity index (χ4v) is 3.72. The smallest absolute Gasteiger partial charge is 0.253 e. The molecule has 0 radical (unpaired) electrons. The highest BCUT2D eigenvalue weighted by Gasteiger charge is 2.17. The third-order valence-electron chi connectivity index (χ3n) is 5.40. The van der Waals surface area contributed by atoms with Gasteiger partial charge >= 0.3 is 0 Å². The Kier molecular flexibility index (Phi) is 13.7. The maximum Gasteiger partial charge on any atom is 0.253 e. The summed E-state index contributed by atoms with van der Waals surface area (Å²) in [6, 6.07) is 7.83. The molecule has 30 heavy (non-hydrogen) atoms. The second-order valence-corrected chi connectivity index (χ2v) is 7.79.